The summed E-state index contributed by atoms with van der Waals surface area (Å²) < 4.78 is 7.30. The molecule has 0 aliphatic carbocycles. The van der Waals surface area contributed by atoms with Gasteiger partial charge in [-0.25, -0.2) is 4.79 Å². The van der Waals surface area contributed by atoms with Crippen LogP contribution in [0.2, 0.25) is 0 Å². The van der Waals surface area contributed by atoms with Gasteiger partial charge in [0.05, 0.1) is 11.4 Å². The molecule has 0 saturated heterocycles. The van der Waals surface area contributed by atoms with Crippen molar-refractivity contribution in [2.45, 2.75) is 13.5 Å². The zero-order chi connectivity index (χ0) is 20.9. The van der Waals surface area contributed by atoms with Crippen molar-refractivity contribution in [3.8, 4) is 11.4 Å². The van der Waals surface area contributed by atoms with Crippen molar-refractivity contribution >= 4 is 11.6 Å². The Balaban J connectivity index is 1.43. The number of aromatic amines is 1. The highest BCUT2D eigenvalue weighted by atomic mass is 16.5. The summed E-state index contributed by atoms with van der Waals surface area (Å²) in [5.74, 6) is 0.387. The Labute approximate surface area is 173 Å². The summed E-state index contributed by atoms with van der Waals surface area (Å²) in [4.78, 5) is 31.4. The van der Waals surface area contributed by atoms with Crippen molar-refractivity contribution in [1.29, 1.82) is 0 Å². The number of hydrogen-bond acceptors (Lipinski definition) is 4. The highest BCUT2D eigenvalue weighted by Gasteiger charge is 2.09. The van der Waals surface area contributed by atoms with E-state index in [2.05, 4.69) is 15.3 Å². The molecule has 150 valence electrons. The lowest BCUT2D eigenvalue weighted by Gasteiger charge is -2.10. The molecule has 2 N–H and O–H groups in total. The number of hydrogen-bond donors (Lipinski definition) is 2. The van der Waals surface area contributed by atoms with Gasteiger partial charge in [-0.05, 0) is 55.5 Å². The van der Waals surface area contributed by atoms with Gasteiger partial charge >= 0.3 is 5.69 Å². The number of H-pyrrole nitrogens is 1. The van der Waals surface area contributed by atoms with Crippen molar-refractivity contribution in [2.24, 2.45) is 0 Å². The zero-order valence-corrected chi connectivity index (χ0v) is 16.3. The molecule has 1 amide bonds. The van der Waals surface area contributed by atoms with Crippen LogP contribution in [0.1, 0.15) is 21.7 Å². The fourth-order valence-electron chi connectivity index (χ4n) is 3.05. The van der Waals surface area contributed by atoms with Crippen LogP contribution in [0.25, 0.3) is 5.69 Å². The minimum Gasteiger partial charge on any atom is -0.487 e. The van der Waals surface area contributed by atoms with Gasteiger partial charge in [0.1, 0.15) is 12.4 Å². The standard InChI is InChI=1S/C23H20N4O3/c1-16-14-25-23(29)27(16)20-10-8-17(9-11-20)22(28)26-18-6-4-7-21(13-18)30-15-19-5-2-3-12-24-19/h2-14H,15H2,1H3,(H,25,29)(H,26,28). The lowest BCUT2D eigenvalue weighted by Crippen LogP contribution is -2.16. The normalized spacial score (nSPS) is 10.6. The molecule has 0 bridgehead atoms. The van der Waals surface area contributed by atoms with Gasteiger partial charge in [-0.1, -0.05) is 12.1 Å². The van der Waals surface area contributed by atoms with Crippen LogP contribution in [0.15, 0.2) is 83.9 Å². The van der Waals surface area contributed by atoms with Gasteiger partial charge in [-0.3, -0.25) is 14.3 Å². The molecule has 0 saturated carbocycles. The van der Waals surface area contributed by atoms with Gasteiger partial charge in [0, 0.05) is 35.4 Å². The van der Waals surface area contributed by atoms with Gasteiger partial charge < -0.3 is 15.0 Å². The number of rotatable bonds is 6. The Kier molecular flexibility index (Phi) is 5.43. The predicted octanol–water partition coefficient (Wildman–Crippen LogP) is 3.70. The number of aryl methyl sites for hydroxylation is 1. The van der Waals surface area contributed by atoms with Crippen molar-refractivity contribution in [1.82, 2.24) is 14.5 Å². The van der Waals surface area contributed by atoms with E-state index in [0.29, 0.717) is 29.3 Å². The summed E-state index contributed by atoms with van der Waals surface area (Å²) in [5.41, 5.74) is 3.20. The predicted molar refractivity (Wildman–Crippen MR) is 114 cm³/mol. The lowest BCUT2D eigenvalue weighted by atomic mass is 10.2. The molecule has 2 aromatic heterocycles. The molecule has 4 rings (SSSR count). The van der Waals surface area contributed by atoms with Crippen LogP contribution in [0.5, 0.6) is 5.75 Å². The average molecular weight is 400 g/mol. The molecule has 2 aromatic carbocycles. The van der Waals surface area contributed by atoms with E-state index in [1.807, 2.05) is 37.3 Å². The minimum absolute atomic E-state index is 0.216. The molecule has 0 unspecified atom stereocenters. The third-order valence-electron chi connectivity index (χ3n) is 4.55. The second kappa shape index (κ2) is 8.48. The Morgan fingerprint density at radius 2 is 1.93 bits per heavy atom. The molecule has 30 heavy (non-hydrogen) atoms. The molecular formula is C23H20N4O3. The number of nitrogens with one attached hydrogen (secondary N) is 2. The van der Waals surface area contributed by atoms with Crippen LogP contribution in [0, 0.1) is 6.92 Å². The van der Waals surface area contributed by atoms with Crippen LogP contribution >= 0.6 is 0 Å². The number of imidazole rings is 1. The number of aromatic nitrogens is 3. The van der Waals surface area contributed by atoms with Crippen LogP contribution in [-0.2, 0) is 6.61 Å². The maximum Gasteiger partial charge on any atom is 0.330 e. The van der Waals surface area contributed by atoms with Crippen molar-refractivity contribution in [3.63, 3.8) is 0 Å². The smallest absolute Gasteiger partial charge is 0.330 e. The van der Waals surface area contributed by atoms with E-state index >= 15 is 0 Å². The minimum atomic E-state index is -0.249. The SMILES string of the molecule is Cc1c[nH]c(=O)n1-c1ccc(C(=O)Nc2cccc(OCc3ccccn3)c2)cc1. The number of carbonyl (C=O) groups is 1. The van der Waals surface area contributed by atoms with Gasteiger partial charge in [-0.15, -0.1) is 0 Å². The van der Waals surface area contributed by atoms with E-state index in [9.17, 15) is 9.59 Å². The molecule has 7 heteroatoms. The maximum absolute atomic E-state index is 12.6. The van der Waals surface area contributed by atoms with Crippen molar-refractivity contribution in [3.05, 3.63) is 107 Å². The fraction of sp³-hybridized carbons (Fsp3) is 0.0870. The number of amides is 1. The number of ether oxygens (including phenoxy) is 1. The molecule has 0 radical (unpaired) electrons. The van der Waals surface area contributed by atoms with Gasteiger partial charge in [0.25, 0.3) is 5.91 Å². The van der Waals surface area contributed by atoms with E-state index in [-0.39, 0.29) is 11.6 Å². The maximum atomic E-state index is 12.6. The Bertz CT molecular complexity index is 1210. The van der Waals surface area contributed by atoms with Crippen molar-refractivity contribution < 1.29 is 9.53 Å². The molecule has 7 nitrogen and oxygen atoms in total. The first-order valence-electron chi connectivity index (χ1n) is 9.42. The largest absolute Gasteiger partial charge is 0.487 e. The van der Waals surface area contributed by atoms with Gasteiger partial charge in [-0.2, -0.15) is 0 Å². The van der Waals surface area contributed by atoms with E-state index in [0.717, 1.165) is 11.4 Å². The topological polar surface area (TPSA) is 89.0 Å². The average Bonchev–Trinajstić information content (AvgIpc) is 3.11. The number of pyridine rings is 1. The first-order valence-corrected chi connectivity index (χ1v) is 9.42. The lowest BCUT2D eigenvalue weighted by molar-refractivity contribution is 0.102. The highest BCUT2D eigenvalue weighted by molar-refractivity contribution is 6.04. The number of carbonyl (C=O) groups excluding carboxylic acids is 1. The number of anilines is 1. The summed E-state index contributed by atoms with van der Waals surface area (Å²) in [5, 5.41) is 2.86. The molecule has 0 atom stereocenters. The first kappa shape index (κ1) is 19.2. The second-order valence-corrected chi connectivity index (χ2v) is 6.71. The molecular weight excluding hydrogens is 380 g/mol. The van der Waals surface area contributed by atoms with Crippen LogP contribution in [0.4, 0.5) is 5.69 Å². The molecule has 0 spiro atoms. The van der Waals surface area contributed by atoms with Crippen LogP contribution in [0.3, 0.4) is 0 Å². The monoisotopic (exact) mass is 400 g/mol. The first-order chi connectivity index (χ1) is 14.6. The van der Waals surface area contributed by atoms with Crippen LogP contribution < -0.4 is 15.7 Å². The summed E-state index contributed by atoms with van der Waals surface area (Å²) in [6.45, 7) is 2.18. The van der Waals surface area contributed by atoms with Gasteiger partial charge in [0.2, 0.25) is 0 Å². The van der Waals surface area contributed by atoms with E-state index in [1.54, 1.807) is 53.4 Å². The highest BCUT2D eigenvalue weighted by Crippen LogP contribution is 2.19. The molecule has 0 aliphatic heterocycles. The summed E-state index contributed by atoms with van der Waals surface area (Å²) in [6, 6.07) is 19.7. The Hall–Kier alpha value is -4.13. The Morgan fingerprint density at radius 1 is 1.10 bits per heavy atom. The van der Waals surface area contributed by atoms with E-state index < -0.39 is 0 Å². The summed E-state index contributed by atoms with van der Waals surface area (Å²) in [6.07, 6.45) is 3.36. The van der Waals surface area contributed by atoms with E-state index in [4.69, 9.17) is 4.74 Å². The molecule has 2 heterocycles. The number of benzene rings is 2. The van der Waals surface area contributed by atoms with Crippen LogP contribution in [-0.4, -0.2) is 20.4 Å². The zero-order valence-electron chi connectivity index (χ0n) is 16.3. The summed E-state index contributed by atoms with van der Waals surface area (Å²) >= 11 is 0. The second-order valence-electron chi connectivity index (χ2n) is 6.71. The Morgan fingerprint density at radius 3 is 2.63 bits per heavy atom. The molecule has 4 aromatic rings. The third-order valence-corrected chi connectivity index (χ3v) is 4.55. The third kappa shape index (κ3) is 4.30. The number of nitrogens with zero attached hydrogens (tertiary/aromatic N) is 2. The molecule has 0 fully saturated rings. The quantitative estimate of drug-likeness (QED) is 0.516. The fourth-order valence-corrected chi connectivity index (χ4v) is 3.05. The molecule has 0 aliphatic rings. The van der Waals surface area contributed by atoms with Gasteiger partial charge in [0.15, 0.2) is 0 Å². The van der Waals surface area contributed by atoms with Crippen molar-refractivity contribution in [2.75, 3.05) is 5.32 Å². The van der Waals surface area contributed by atoms with E-state index in [1.165, 1.54) is 0 Å². The summed E-state index contributed by atoms with van der Waals surface area (Å²) in [7, 11) is 0.